The van der Waals surface area contributed by atoms with E-state index >= 15 is 0 Å². The Morgan fingerprint density at radius 2 is 1.72 bits per heavy atom. The van der Waals surface area contributed by atoms with Crippen molar-refractivity contribution in [2.45, 2.75) is 51.5 Å². The van der Waals surface area contributed by atoms with Gasteiger partial charge in [-0.15, -0.1) is 0 Å². The molecule has 0 bridgehead atoms. The van der Waals surface area contributed by atoms with Gasteiger partial charge in [-0.3, -0.25) is 14.4 Å². The maximum Gasteiger partial charge on any atom is 0.240 e. The predicted molar refractivity (Wildman–Crippen MR) is 109 cm³/mol. The van der Waals surface area contributed by atoms with Crippen molar-refractivity contribution in [1.82, 2.24) is 19.7 Å². The van der Waals surface area contributed by atoms with E-state index in [9.17, 15) is 14.4 Å². The third kappa shape index (κ3) is 6.14. The van der Waals surface area contributed by atoms with Crippen LogP contribution in [0, 0.1) is 5.92 Å². The highest BCUT2D eigenvalue weighted by Crippen LogP contribution is 2.21. The normalized spacial score (nSPS) is 28.6. The first-order valence-corrected chi connectivity index (χ1v) is 10.4. The van der Waals surface area contributed by atoms with Crippen LogP contribution in [0.4, 0.5) is 0 Å². The van der Waals surface area contributed by atoms with E-state index in [2.05, 4.69) is 10.2 Å². The van der Waals surface area contributed by atoms with Crippen LogP contribution in [0.25, 0.3) is 0 Å². The van der Waals surface area contributed by atoms with E-state index in [1.165, 1.54) is 12.1 Å². The molecule has 2 amide bonds. The Hall–Kier alpha value is -2.19. The van der Waals surface area contributed by atoms with Gasteiger partial charge in [0.05, 0.1) is 18.1 Å². The lowest BCUT2D eigenvalue weighted by Gasteiger charge is -2.37. The minimum Gasteiger partial charge on any atom is -0.372 e. The van der Waals surface area contributed by atoms with Crippen LogP contribution in [0.15, 0.2) is 29.3 Å². The Kier molecular flexibility index (Phi) is 7.08. The second-order valence-electron chi connectivity index (χ2n) is 8.47. The molecule has 4 atom stereocenters. The summed E-state index contributed by atoms with van der Waals surface area (Å²) in [5.74, 6) is 0.0464. The summed E-state index contributed by atoms with van der Waals surface area (Å²) >= 11 is 0. The van der Waals surface area contributed by atoms with Crippen LogP contribution in [0.1, 0.15) is 26.7 Å². The summed E-state index contributed by atoms with van der Waals surface area (Å²) in [4.78, 5) is 40.7. The lowest BCUT2D eigenvalue weighted by Crippen LogP contribution is -2.51. The van der Waals surface area contributed by atoms with Gasteiger partial charge in [-0.1, -0.05) is 0 Å². The smallest absolute Gasteiger partial charge is 0.240 e. The molecule has 8 nitrogen and oxygen atoms in total. The van der Waals surface area contributed by atoms with Gasteiger partial charge in [0.2, 0.25) is 11.8 Å². The van der Waals surface area contributed by atoms with Crippen LogP contribution in [0.3, 0.4) is 0 Å². The molecule has 0 aromatic carbocycles. The molecule has 0 radical (unpaired) electrons. The second-order valence-corrected chi connectivity index (χ2v) is 8.47. The van der Waals surface area contributed by atoms with Gasteiger partial charge >= 0.3 is 0 Å². The highest BCUT2D eigenvalue weighted by atomic mass is 16.5. The number of hydrogen-bond donors (Lipinski definition) is 1. The molecule has 1 N–H and O–H groups in total. The third-order valence-electron chi connectivity index (χ3n) is 5.56. The number of carbonyl (C=O) groups excluding carboxylic acids is 2. The molecule has 3 heterocycles. The fraction of sp³-hybridized carbons (Fsp3) is 0.667. The van der Waals surface area contributed by atoms with Crippen LogP contribution in [0.2, 0.25) is 0 Å². The van der Waals surface area contributed by atoms with E-state index in [4.69, 9.17) is 4.74 Å². The largest absolute Gasteiger partial charge is 0.372 e. The van der Waals surface area contributed by atoms with Gasteiger partial charge in [-0.2, -0.15) is 0 Å². The zero-order valence-corrected chi connectivity index (χ0v) is 17.5. The molecule has 2 fully saturated rings. The van der Waals surface area contributed by atoms with E-state index in [0.29, 0.717) is 19.6 Å². The molecular formula is C21H32N4O4. The van der Waals surface area contributed by atoms with E-state index in [-0.39, 0.29) is 48.0 Å². The van der Waals surface area contributed by atoms with Crippen LogP contribution in [0.5, 0.6) is 0 Å². The van der Waals surface area contributed by atoms with Gasteiger partial charge in [0.25, 0.3) is 0 Å². The number of nitrogens with zero attached hydrogens (tertiary/aromatic N) is 3. The molecule has 1 aromatic rings. The fourth-order valence-electron chi connectivity index (χ4n) is 4.34. The van der Waals surface area contributed by atoms with E-state index in [1.807, 2.05) is 25.8 Å². The van der Waals surface area contributed by atoms with Crippen molar-refractivity contribution in [3.8, 4) is 0 Å². The molecule has 29 heavy (non-hydrogen) atoms. The SMILES string of the molecule is C[C@@H]1CN(C(=O)[C@@H]2CC[C@H](NC(=O)Cn3ccc(=O)cc3)CN(C)C2)C[C@H](C)O1. The average Bonchev–Trinajstić information content (AvgIpc) is 2.83. The number of likely N-dealkylation sites (N-methyl/N-ethyl adjacent to an activating group) is 1. The highest BCUT2D eigenvalue weighted by Gasteiger charge is 2.33. The number of hydrogen-bond acceptors (Lipinski definition) is 5. The highest BCUT2D eigenvalue weighted by molar-refractivity contribution is 5.79. The van der Waals surface area contributed by atoms with Gasteiger partial charge < -0.3 is 24.4 Å². The summed E-state index contributed by atoms with van der Waals surface area (Å²) in [6.07, 6.45) is 4.87. The summed E-state index contributed by atoms with van der Waals surface area (Å²) in [6.45, 7) is 6.88. The molecule has 0 aliphatic carbocycles. The number of amides is 2. The summed E-state index contributed by atoms with van der Waals surface area (Å²) in [5.41, 5.74) is -0.0770. The molecule has 2 saturated heterocycles. The number of carbonyl (C=O) groups is 2. The van der Waals surface area contributed by atoms with E-state index < -0.39 is 0 Å². The standard InChI is InChI=1S/C21H32N4O4/c1-15-10-25(11-16(2)29-15)21(28)17-4-5-18(13-23(3)12-17)22-20(27)14-24-8-6-19(26)7-9-24/h6-9,15-18H,4-5,10-14H2,1-3H3,(H,22,27)/t15-,16+,17-,18+/m1/s1. The van der Waals surface area contributed by atoms with Crippen LogP contribution in [-0.2, 0) is 20.9 Å². The van der Waals surface area contributed by atoms with Crippen LogP contribution < -0.4 is 10.7 Å². The Labute approximate surface area is 171 Å². The molecule has 8 heteroatoms. The molecule has 0 unspecified atom stereocenters. The van der Waals surface area contributed by atoms with Crippen molar-refractivity contribution in [3.05, 3.63) is 34.7 Å². The number of morpholine rings is 1. The van der Waals surface area contributed by atoms with Gasteiger partial charge in [0, 0.05) is 56.7 Å². The summed E-state index contributed by atoms with van der Waals surface area (Å²) in [6, 6.07) is 2.89. The van der Waals surface area contributed by atoms with Crippen LogP contribution in [-0.4, -0.2) is 77.7 Å². The topological polar surface area (TPSA) is 83.9 Å². The number of likely N-dealkylation sites (tertiary alicyclic amines) is 1. The molecule has 0 spiro atoms. The number of nitrogens with one attached hydrogen (secondary N) is 1. The third-order valence-corrected chi connectivity index (χ3v) is 5.56. The van der Waals surface area contributed by atoms with E-state index in [1.54, 1.807) is 17.0 Å². The van der Waals surface area contributed by atoms with Gasteiger partial charge in [0.1, 0.15) is 6.54 Å². The van der Waals surface area contributed by atoms with Crippen molar-refractivity contribution in [3.63, 3.8) is 0 Å². The second kappa shape index (κ2) is 9.54. The molecule has 2 aliphatic rings. The average molecular weight is 405 g/mol. The van der Waals surface area contributed by atoms with Gasteiger partial charge in [-0.25, -0.2) is 0 Å². The number of pyridine rings is 1. The summed E-state index contributed by atoms with van der Waals surface area (Å²) in [7, 11) is 2.00. The molecule has 3 rings (SSSR count). The zero-order valence-electron chi connectivity index (χ0n) is 17.5. The molecule has 1 aromatic heterocycles. The predicted octanol–water partition coefficient (Wildman–Crippen LogP) is 0.311. The minimum absolute atomic E-state index is 0.00668. The fourth-order valence-corrected chi connectivity index (χ4v) is 4.34. The van der Waals surface area contributed by atoms with Crippen molar-refractivity contribution < 1.29 is 14.3 Å². The summed E-state index contributed by atoms with van der Waals surface area (Å²) < 4.78 is 7.43. The quantitative estimate of drug-likeness (QED) is 0.781. The molecule has 0 saturated carbocycles. The van der Waals surface area contributed by atoms with Crippen molar-refractivity contribution in [2.24, 2.45) is 5.92 Å². The Bertz CT molecular complexity index is 750. The molecule has 2 aliphatic heterocycles. The van der Waals surface area contributed by atoms with E-state index in [0.717, 1.165) is 19.4 Å². The molecular weight excluding hydrogens is 372 g/mol. The van der Waals surface area contributed by atoms with Crippen LogP contribution >= 0.6 is 0 Å². The first kappa shape index (κ1) is 21.5. The first-order chi connectivity index (χ1) is 13.8. The Morgan fingerprint density at radius 3 is 2.38 bits per heavy atom. The van der Waals surface area contributed by atoms with Crippen molar-refractivity contribution in [2.75, 3.05) is 33.2 Å². The zero-order chi connectivity index (χ0) is 21.0. The maximum absolute atomic E-state index is 13.1. The number of aromatic nitrogens is 1. The number of ether oxygens (including phenoxy) is 1. The lowest BCUT2D eigenvalue weighted by molar-refractivity contribution is -0.148. The summed E-state index contributed by atoms with van der Waals surface area (Å²) in [5, 5.41) is 3.08. The Morgan fingerprint density at radius 1 is 1.07 bits per heavy atom. The maximum atomic E-state index is 13.1. The van der Waals surface area contributed by atoms with Crippen molar-refractivity contribution in [1.29, 1.82) is 0 Å². The molecule has 160 valence electrons. The van der Waals surface area contributed by atoms with Crippen molar-refractivity contribution >= 4 is 11.8 Å². The number of rotatable bonds is 4. The first-order valence-electron chi connectivity index (χ1n) is 10.4. The van der Waals surface area contributed by atoms with Gasteiger partial charge in [-0.05, 0) is 33.7 Å². The monoisotopic (exact) mass is 404 g/mol. The lowest BCUT2D eigenvalue weighted by atomic mass is 9.99. The minimum atomic E-state index is -0.0901. The van der Waals surface area contributed by atoms with Gasteiger partial charge in [0.15, 0.2) is 5.43 Å². The Balaban J connectivity index is 1.54.